The normalized spacial score (nSPS) is 14.1. The topological polar surface area (TPSA) is 59.8 Å². The summed E-state index contributed by atoms with van der Waals surface area (Å²) < 4.78 is 31.3. The van der Waals surface area contributed by atoms with Crippen LogP contribution in [0.4, 0.5) is 14.5 Å². The van der Waals surface area contributed by atoms with Gasteiger partial charge in [-0.25, -0.2) is 13.8 Å². The first-order chi connectivity index (χ1) is 15.6. The summed E-state index contributed by atoms with van der Waals surface area (Å²) in [5.41, 5.74) is 3.91. The molecule has 1 aliphatic rings. The quantitative estimate of drug-likeness (QED) is 0.387. The summed E-state index contributed by atoms with van der Waals surface area (Å²) in [7, 11) is 0. The molecule has 5 nitrogen and oxygen atoms in total. The maximum atomic E-state index is 15.7. The van der Waals surface area contributed by atoms with Crippen LogP contribution in [0.2, 0.25) is 0 Å². The standard InChI is InChI=1S/C24H20F2N4OS/c25-16-10-8-15(9-11-16)22-23(30(13-28-22)17-4-1-2-5-17)18-6-3-7-19(21(18)26)29-24(31)20-12-27-14-32-20/h3,6-14,17H,1-2,4-5H2,(H,29,31). The molecular formula is C24H20F2N4OS. The summed E-state index contributed by atoms with van der Waals surface area (Å²) in [5, 5.41) is 2.65. The predicted octanol–water partition coefficient (Wildman–Crippen LogP) is 6.32. The summed E-state index contributed by atoms with van der Waals surface area (Å²) in [5.74, 6) is -1.29. The molecule has 4 aromatic rings. The van der Waals surface area contributed by atoms with Crippen molar-refractivity contribution in [2.75, 3.05) is 5.32 Å². The van der Waals surface area contributed by atoms with Gasteiger partial charge in [0.2, 0.25) is 0 Å². The number of carbonyl (C=O) groups excluding carboxylic acids is 1. The van der Waals surface area contributed by atoms with Crippen LogP contribution in [-0.4, -0.2) is 20.4 Å². The molecule has 0 bridgehead atoms. The average Bonchev–Trinajstić information content (AvgIpc) is 3.56. The molecule has 32 heavy (non-hydrogen) atoms. The van der Waals surface area contributed by atoms with Crippen molar-refractivity contribution in [1.29, 1.82) is 0 Å². The first kappa shape index (κ1) is 20.5. The van der Waals surface area contributed by atoms with Gasteiger partial charge in [-0.15, -0.1) is 11.3 Å². The Labute approximate surface area is 187 Å². The van der Waals surface area contributed by atoms with E-state index < -0.39 is 11.7 Å². The monoisotopic (exact) mass is 450 g/mol. The van der Waals surface area contributed by atoms with Crippen LogP contribution in [0.15, 0.2) is 60.5 Å². The van der Waals surface area contributed by atoms with Crippen LogP contribution in [-0.2, 0) is 0 Å². The van der Waals surface area contributed by atoms with Crippen LogP contribution >= 0.6 is 11.3 Å². The molecule has 0 spiro atoms. The minimum atomic E-state index is -0.534. The molecule has 0 aliphatic heterocycles. The van der Waals surface area contributed by atoms with Gasteiger partial charge in [0, 0.05) is 17.2 Å². The van der Waals surface area contributed by atoms with E-state index in [-0.39, 0.29) is 17.5 Å². The Morgan fingerprint density at radius 2 is 1.88 bits per heavy atom. The maximum Gasteiger partial charge on any atom is 0.267 e. The largest absolute Gasteiger partial charge is 0.327 e. The van der Waals surface area contributed by atoms with Gasteiger partial charge in [0.1, 0.15) is 10.7 Å². The molecule has 0 radical (unpaired) electrons. The number of imidazole rings is 1. The number of nitrogens with zero attached hydrogens (tertiary/aromatic N) is 3. The number of anilines is 1. The fraction of sp³-hybridized carbons (Fsp3) is 0.208. The number of hydrogen-bond acceptors (Lipinski definition) is 4. The Hall–Kier alpha value is -3.39. The highest BCUT2D eigenvalue weighted by atomic mass is 32.1. The van der Waals surface area contributed by atoms with E-state index in [1.807, 2.05) is 4.57 Å². The van der Waals surface area contributed by atoms with Gasteiger partial charge in [0.15, 0.2) is 5.82 Å². The minimum absolute atomic E-state index is 0.0881. The van der Waals surface area contributed by atoms with Gasteiger partial charge in [-0.3, -0.25) is 9.78 Å². The SMILES string of the molecule is O=C(Nc1cccc(-c2c(-c3ccc(F)cc3)ncn2C2CCCC2)c1F)c1cncs1. The highest BCUT2D eigenvalue weighted by Gasteiger charge is 2.26. The predicted molar refractivity (Wildman–Crippen MR) is 121 cm³/mol. The van der Waals surface area contributed by atoms with Crippen molar-refractivity contribution >= 4 is 22.9 Å². The molecule has 5 rings (SSSR count). The molecule has 1 saturated carbocycles. The maximum absolute atomic E-state index is 15.7. The third-order valence-corrected chi connectivity index (χ3v) is 6.56. The van der Waals surface area contributed by atoms with Crippen molar-refractivity contribution in [2.45, 2.75) is 31.7 Å². The van der Waals surface area contributed by atoms with E-state index in [1.165, 1.54) is 35.7 Å². The van der Waals surface area contributed by atoms with E-state index in [4.69, 9.17) is 0 Å². The van der Waals surface area contributed by atoms with Crippen molar-refractivity contribution in [3.05, 3.63) is 77.0 Å². The van der Waals surface area contributed by atoms with Crippen LogP contribution in [0.5, 0.6) is 0 Å². The lowest BCUT2D eigenvalue weighted by atomic mass is 10.0. The van der Waals surface area contributed by atoms with Crippen LogP contribution in [0.25, 0.3) is 22.5 Å². The van der Waals surface area contributed by atoms with Crippen molar-refractivity contribution in [3.8, 4) is 22.5 Å². The van der Waals surface area contributed by atoms with E-state index in [9.17, 15) is 9.18 Å². The molecule has 1 amide bonds. The average molecular weight is 451 g/mol. The first-order valence-corrected chi connectivity index (χ1v) is 11.3. The zero-order chi connectivity index (χ0) is 22.1. The number of rotatable bonds is 5. The lowest BCUT2D eigenvalue weighted by molar-refractivity contribution is 0.103. The fourth-order valence-corrected chi connectivity index (χ4v) is 4.74. The fourth-order valence-electron chi connectivity index (χ4n) is 4.23. The van der Waals surface area contributed by atoms with Gasteiger partial charge >= 0.3 is 0 Å². The first-order valence-electron chi connectivity index (χ1n) is 10.4. The Kier molecular flexibility index (Phi) is 5.53. The van der Waals surface area contributed by atoms with Crippen LogP contribution in [0.3, 0.4) is 0 Å². The van der Waals surface area contributed by atoms with E-state index in [1.54, 1.807) is 36.1 Å². The molecule has 2 aromatic carbocycles. The smallest absolute Gasteiger partial charge is 0.267 e. The molecule has 1 N–H and O–H groups in total. The number of carbonyl (C=O) groups is 1. The second-order valence-electron chi connectivity index (χ2n) is 7.78. The van der Waals surface area contributed by atoms with Gasteiger partial charge in [-0.05, 0) is 49.2 Å². The van der Waals surface area contributed by atoms with Crippen molar-refractivity contribution in [3.63, 3.8) is 0 Å². The Morgan fingerprint density at radius 3 is 2.59 bits per heavy atom. The molecule has 2 aromatic heterocycles. The molecule has 1 fully saturated rings. The van der Waals surface area contributed by atoms with Gasteiger partial charge in [0.25, 0.3) is 5.91 Å². The summed E-state index contributed by atoms with van der Waals surface area (Å²) in [4.78, 5) is 21.3. The van der Waals surface area contributed by atoms with Crippen LogP contribution in [0, 0.1) is 11.6 Å². The molecule has 0 saturated heterocycles. The number of hydrogen-bond donors (Lipinski definition) is 1. The van der Waals surface area contributed by atoms with Gasteiger partial charge in [-0.1, -0.05) is 18.9 Å². The summed E-state index contributed by atoms with van der Waals surface area (Å²) >= 11 is 1.19. The Bertz CT molecular complexity index is 1250. The number of halogens is 2. The second kappa shape index (κ2) is 8.63. The van der Waals surface area contributed by atoms with Crippen molar-refractivity contribution in [1.82, 2.24) is 14.5 Å². The van der Waals surface area contributed by atoms with E-state index >= 15 is 4.39 Å². The molecule has 0 unspecified atom stereocenters. The Balaban J connectivity index is 1.61. The zero-order valence-electron chi connectivity index (χ0n) is 17.1. The van der Waals surface area contributed by atoms with Crippen LogP contribution < -0.4 is 5.32 Å². The summed E-state index contributed by atoms with van der Waals surface area (Å²) in [6, 6.07) is 11.2. The summed E-state index contributed by atoms with van der Waals surface area (Å²) in [6.45, 7) is 0. The van der Waals surface area contributed by atoms with Gasteiger partial charge in [0.05, 0.1) is 35.1 Å². The number of aromatic nitrogens is 3. The molecule has 8 heteroatoms. The van der Waals surface area contributed by atoms with Crippen molar-refractivity contribution in [2.24, 2.45) is 0 Å². The lowest BCUT2D eigenvalue weighted by Crippen LogP contribution is -2.12. The Morgan fingerprint density at radius 1 is 1.09 bits per heavy atom. The third kappa shape index (κ3) is 3.82. The zero-order valence-corrected chi connectivity index (χ0v) is 17.9. The number of amides is 1. The number of nitrogens with one attached hydrogen (secondary N) is 1. The van der Waals surface area contributed by atoms with E-state index in [2.05, 4.69) is 15.3 Å². The van der Waals surface area contributed by atoms with Gasteiger partial charge < -0.3 is 9.88 Å². The van der Waals surface area contributed by atoms with E-state index in [0.717, 1.165) is 25.7 Å². The summed E-state index contributed by atoms with van der Waals surface area (Å²) in [6.07, 6.45) is 7.41. The molecule has 2 heterocycles. The highest BCUT2D eigenvalue weighted by Crippen LogP contribution is 2.40. The number of benzene rings is 2. The molecule has 0 atom stereocenters. The van der Waals surface area contributed by atoms with Crippen LogP contribution in [0.1, 0.15) is 41.4 Å². The molecule has 1 aliphatic carbocycles. The lowest BCUT2D eigenvalue weighted by Gasteiger charge is -2.18. The second-order valence-corrected chi connectivity index (χ2v) is 8.67. The van der Waals surface area contributed by atoms with Gasteiger partial charge in [-0.2, -0.15) is 0 Å². The highest BCUT2D eigenvalue weighted by molar-refractivity contribution is 7.11. The molecular weight excluding hydrogens is 430 g/mol. The third-order valence-electron chi connectivity index (χ3n) is 5.79. The molecule has 162 valence electrons. The van der Waals surface area contributed by atoms with E-state index in [0.29, 0.717) is 27.4 Å². The number of thiazole rings is 1. The minimum Gasteiger partial charge on any atom is -0.327 e. The van der Waals surface area contributed by atoms with Crippen molar-refractivity contribution < 1.29 is 13.6 Å².